The lowest BCUT2D eigenvalue weighted by Gasteiger charge is -2.36. The highest BCUT2D eigenvalue weighted by Crippen LogP contribution is 2.32. The fourth-order valence-corrected chi connectivity index (χ4v) is 5.73. The predicted octanol–water partition coefficient (Wildman–Crippen LogP) is 6.15. The molecule has 0 bridgehead atoms. The van der Waals surface area contributed by atoms with Crippen LogP contribution in [0, 0.1) is 0 Å². The van der Waals surface area contributed by atoms with Crippen molar-refractivity contribution in [3.63, 3.8) is 0 Å². The van der Waals surface area contributed by atoms with Crippen molar-refractivity contribution < 1.29 is 37.3 Å². The van der Waals surface area contributed by atoms with Crippen LogP contribution in [0.1, 0.15) is 74.9 Å². The molecule has 2 amide bonds. The molecular formula is C34H42ClN3O8S. The molecule has 3 aromatic rings. The minimum absolute atomic E-state index is 0.00469. The fourth-order valence-electron chi connectivity index (χ4n) is 5.17. The molecule has 47 heavy (non-hydrogen) atoms. The summed E-state index contributed by atoms with van der Waals surface area (Å²) in [6.07, 6.45) is 5.75. The Kier molecular flexibility index (Phi) is 12.1. The van der Waals surface area contributed by atoms with Crippen molar-refractivity contribution >= 4 is 33.6 Å². The topological polar surface area (TPSA) is 144 Å². The normalized spacial score (nSPS) is 14.6. The second-order valence-electron chi connectivity index (χ2n) is 12.5. The number of hydrogen-bond donors (Lipinski definition) is 2. The average molecular weight is 688 g/mol. The van der Waals surface area contributed by atoms with Crippen LogP contribution in [-0.4, -0.2) is 73.1 Å². The number of pyridine rings is 1. The predicted molar refractivity (Wildman–Crippen MR) is 179 cm³/mol. The van der Waals surface area contributed by atoms with E-state index < -0.39 is 33.7 Å². The first kappa shape index (κ1) is 36.0. The van der Waals surface area contributed by atoms with Crippen LogP contribution in [0.4, 0.5) is 4.79 Å². The van der Waals surface area contributed by atoms with Crippen molar-refractivity contribution in [2.24, 2.45) is 0 Å². The Bertz CT molecular complexity index is 1620. The quantitative estimate of drug-likeness (QED) is 0.169. The molecule has 11 nitrogen and oxygen atoms in total. The Balaban J connectivity index is 1.36. The molecule has 2 aromatic carbocycles. The van der Waals surface area contributed by atoms with Gasteiger partial charge in [-0.25, -0.2) is 22.9 Å². The Hall–Kier alpha value is -3.87. The van der Waals surface area contributed by atoms with Gasteiger partial charge in [0, 0.05) is 17.3 Å². The Morgan fingerprint density at radius 3 is 2.32 bits per heavy atom. The minimum atomic E-state index is -3.75. The number of β-amino-alcohol motifs (C(OH)–C–C–N with tert-alkyl or cyclic N) is 1. The SMILES string of the molecule is CC(C)(C)N(C[C@H](O)c1ccc(Cl)nc1)C(=O)OCCOc1ccc(-c2ccc(C(=O)NS(C)(=O)=O)c(OC3CCCCC3)c2)cc1. The number of ether oxygens (including phenoxy) is 3. The first-order valence-electron chi connectivity index (χ1n) is 15.5. The van der Waals surface area contributed by atoms with Crippen LogP contribution >= 0.6 is 11.6 Å². The highest BCUT2D eigenvalue weighted by atomic mass is 35.5. The summed E-state index contributed by atoms with van der Waals surface area (Å²) in [5.74, 6) is 0.153. The lowest BCUT2D eigenvalue weighted by atomic mass is 9.97. The van der Waals surface area contributed by atoms with Crippen LogP contribution in [0.25, 0.3) is 11.1 Å². The molecule has 0 radical (unpaired) electrons. The third kappa shape index (κ3) is 10.8. The highest BCUT2D eigenvalue weighted by molar-refractivity contribution is 7.89. The van der Waals surface area contributed by atoms with E-state index in [0.29, 0.717) is 22.2 Å². The van der Waals surface area contributed by atoms with E-state index in [4.69, 9.17) is 25.8 Å². The molecule has 4 rings (SSSR count). The molecule has 0 unspecified atom stereocenters. The maximum absolute atomic E-state index is 12.9. The summed E-state index contributed by atoms with van der Waals surface area (Å²) in [7, 11) is -3.75. The van der Waals surface area contributed by atoms with Crippen LogP contribution in [0.15, 0.2) is 60.8 Å². The molecule has 1 atom stereocenters. The largest absolute Gasteiger partial charge is 0.490 e. The van der Waals surface area contributed by atoms with E-state index in [2.05, 4.69) is 4.98 Å². The molecule has 254 valence electrons. The number of aliphatic hydroxyl groups is 1. The van der Waals surface area contributed by atoms with Gasteiger partial charge in [-0.05, 0) is 87.9 Å². The van der Waals surface area contributed by atoms with Gasteiger partial charge in [-0.15, -0.1) is 0 Å². The van der Waals surface area contributed by atoms with Crippen molar-refractivity contribution in [3.8, 4) is 22.6 Å². The molecule has 0 aliphatic heterocycles. The van der Waals surface area contributed by atoms with E-state index in [0.717, 1.165) is 49.5 Å². The second kappa shape index (κ2) is 15.8. The van der Waals surface area contributed by atoms with Gasteiger partial charge in [0.2, 0.25) is 10.0 Å². The zero-order valence-electron chi connectivity index (χ0n) is 27.1. The summed E-state index contributed by atoms with van der Waals surface area (Å²) in [6.45, 7) is 5.65. The Morgan fingerprint density at radius 2 is 1.70 bits per heavy atom. The average Bonchev–Trinajstić information content (AvgIpc) is 3.01. The van der Waals surface area contributed by atoms with Crippen LogP contribution in [0.5, 0.6) is 11.5 Å². The molecular weight excluding hydrogens is 646 g/mol. The Morgan fingerprint density at radius 1 is 1.02 bits per heavy atom. The van der Waals surface area contributed by atoms with Crippen molar-refractivity contribution in [1.29, 1.82) is 0 Å². The van der Waals surface area contributed by atoms with Gasteiger partial charge in [-0.3, -0.25) is 4.79 Å². The van der Waals surface area contributed by atoms with Crippen LogP contribution in [0.2, 0.25) is 5.15 Å². The van der Waals surface area contributed by atoms with Crippen LogP contribution < -0.4 is 14.2 Å². The fraction of sp³-hybridized carbons (Fsp3) is 0.441. The number of rotatable bonds is 12. The number of sulfonamides is 1. The number of carbonyl (C=O) groups excluding carboxylic acids is 2. The zero-order valence-corrected chi connectivity index (χ0v) is 28.6. The van der Waals surface area contributed by atoms with Gasteiger partial charge < -0.3 is 24.2 Å². The number of carbonyl (C=O) groups is 2. The first-order chi connectivity index (χ1) is 22.2. The molecule has 1 aromatic heterocycles. The van der Waals surface area contributed by atoms with Crippen molar-refractivity contribution in [3.05, 3.63) is 77.1 Å². The first-order valence-corrected chi connectivity index (χ1v) is 17.8. The molecule has 1 fully saturated rings. The van der Waals surface area contributed by atoms with Gasteiger partial charge in [0.05, 0.1) is 30.6 Å². The molecule has 1 aliphatic carbocycles. The number of nitrogens with one attached hydrogen (secondary N) is 1. The number of nitrogens with zero attached hydrogens (tertiary/aromatic N) is 2. The van der Waals surface area contributed by atoms with E-state index in [1.807, 2.05) is 37.6 Å². The number of hydrogen-bond acceptors (Lipinski definition) is 9. The van der Waals surface area contributed by atoms with E-state index in [9.17, 15) is 23.1 Å². The maximum Gasteiger partial charge on any atom is 0.410 e. The van der Waals surface area contributed by atoms with E-state index in [-0.39, 0.29) is 31.4 Å². The van der Waals surface area contributed by atoms with Gasteiger partial charge in [0.15, 0.2) is 0 Å². The Labute approximate surface area is 281 Å². The molecule has 1 saturated carbocycles. The summed E-state index contributed by atoms with van der Waals surface area (Å²) >= 11 is 5.84. The standard InChI is InChI=1S/C34H42ClN3O8S/c1-34(2,3)38(22-29(39)25-13-17-31(35)36-21-25)33(41)45-19-18-44-26-14-10-23(11-15-26)24-12-16-28(32(40)37-47(4,42)43)30(20-24)46-27-8-6-5-7-9-27/h10-17,20-21,27,29,39H,5-9,18-19,22H2,1-4H3,(H,37,40)/t29-/m0/s1. The maximum atomic E-state index is 12.9. The summed E-state index contributed by atoms with van der Waals surface area (Å²) in [6, 6.07) is 15.6. The van der Waals surface area contributed by atoms with E-state index in [1.54, 1.807) is 42.5 Å². The number of benzene rings is 2. The zero-order chi connectivity index (χ0) is 34.2. The lowest BCUT2D eigenvalue weighted by molar-refractivity contribution is 0.0312. The minimum Gasteiger partial charge on any atom is -0.490 e. The van der Waals surface area contributed by atoms with Gasteiger partial charge in [0.1, 0.15) is 29.9 Å². The van der Waals surface area contributed by atoms with Gasteiger partial charge in [-0.2, -0.15) is 0 Å². The number of amides is 2. The molecule has 13 heteroatoms. The number of aliphatic hydroxyl groups excluding tert-OH is 1. The number of aromatic nitrogens is 1. The van der Waals surface area contributed by atoms with Crippen LogP contribution in [0.3, 0.4) is 0 Å². The molecule has 1 aliphatic rings. The second-order valence-corrected chi connectivity index (χ2v) is 14.6. The summed E-state index contributed by atoms with van der Waals surface area (Å²) in [5, 5.41) is 11.0. The lowest BCUT2D eigenvalue weighted by Crippen LogP contribution is -2.48. The molecule has 0 saturated heterocycles. The van der Waals surface area contributed by atoms with Gasteiger partial charge in [0.25, 0.3) is 5.91 Å². The highest BCUT2D eigenvalue weighted by Gasteiger charge is 2.30. The van der Waals surface area contributed by atoms with Gasteiger partial charge >= 0.3 is 6.09 Å². The molecule has 1 heterocycles. The monoisotopic (exact) mass is 687 g/mol. The van der Waals surface area contributed by atoms with E-state index in [1.165, 1.54) is 11.1 Å². The third-order valence-electron chi connectivity index (χ3n) is 7.64. The van der Waals surface area contributed by atoms with Crippen molar-refractivity contribution in [2.75, 3.05) is 26.0 Å². The summed E-state index contributed by atoms with van der Waals surface area (Å²) < 4.78 is 42.9. The molecule has 2 N–H and O–H groups in total. The summed E-state index contributed by atoms with van der Waals surface area (Å²) in [4.78, 5) is 31.1. The van der Waals surface area contributed by atoms with E-state index >= 15 is 0 Å². The van der Waals surface area contributed by atoms with Crippen molar-refractivity contribution in [1.82, 2.24) is 14.6 Å². The van der Waals surface area contributed by atoms with Crippen molar-refractivity contribution in [2.45, 2.75) is 70.6 Å². The smallest absolute Gasteiger partial charge is 0.410 e. The summed E-state index contributed by atoms with van der Waals surface area (Å²) in [5.41, 5.74) is 1.69. The molecule has 0 spiro atoms. The van der Waals surface area contributed by atoms with Gasteiger partial charge in [-0.1, -0.05) is 42.3 Å². The number of halogens is 1. The van der Waals surface area contributed by atoms with Crippen LogP contribution in [-0.2, 0) is 14.8 Å². The third-order valence-corrected chi connectivity index (χ3v) is 8.42.